The van der Waals surface area contributed by atoms with Crippen molar-refractivity contribution in [3.8, 4) is 17.0 Å². The van der Waals surface area contributed by atoms with Gasteiger partial charge in [0.05, 0.1) is 11.9 Å². The molecule has 0 spiro atoms. The first kappa shape index (κ1) is 9.71. The van der Waals surface area contributed by atoms with Gasteiger partial charge in [-0.2, -0.15) is 5.10 Å². The first-order valence-electron chi connectivity index (χ1n) is 4.97. The molecule has 0 unspecified atom stereocenters. The molecule has 0 saturated heterocycles. The van der Waals surface area contributed by atoms with Gasteiger partial charge in [0.2, 0.25) is 0 Å². The average Bonchev–Trinajstić information content (AvgIpc) is 2.66. The SMILES string of the molecule is CCCn1nccc1-c1cncc(O)c1. The number of pyridine rings is 1. The van der Waals surface area contributed by atoms with Crippen molar-refractivity contribution in [3.63, 3.8) is 0 Å². The Hall–Kier alpha value is -1.84. The molecule has 4 nitrogen and oxygen atoms in total. The summed E-state index contributed by atoms with van der Waals surface area (Å²) in [7, 11) is 0. The molecule has 0 aliphatic carbocycles. The smallest absolute Gasteiger partial charge is 0.134 e. The van der Waals surface area contributed by atoms with Gasteiger partial charge in [0.15, 0.2) is 0 Å². The molecular weight excluding hydrogens is 190 g/mol. The number of hydrogen-bond acceptors (Lipinski definition) is 3. The fourth-order valence-electron chi connectivity index (χ4n) is 1.54. The predicted octanol–water partition coefficient (Wildman–Crippen LogP) is 2.06. The summed E-state index contributed by atoms with van der Waals surface area (Å²) in [4.78, 5) is 3.95. The lowest BCUT2D eigenvalue weighted by Crippen LogP contribution is -2.00. The number of nitrogens with zero attached hydrogens (tertiary/aromatic N) is 3. The lowest BCUT2D eigenvalue weighted by Gasteiger charge is -2.05. The van der Waals surface area contributed by atoms with E-state index in [-0.39, 0.29) is 5.75 Å². The molecule has 78 valence electrons. The Morgan fingerprint density at radius 3 is 3.00 bits per heavy atom. The monoisotopic (exact) mass is 203 g/mol. The van der Waals surface area contributed by atoms with Crippen LogP contribution in [0.4, 0.5) is 0 Å². The Kier molecular flexibility index (Phi) is 2.67. The van der Waals surface area contributed by atoms with E-state index in [1.807, 2.05) is 10.7 Å². The molecule has 0 saturated carbocycles. The second kappa shape index (κ2) is 4.13. The van der Waals surface area contributed by atoms with Crippen molar-refractivity contribution in [2.24, 2.45) is 0 Å². The van der Waals surface area contributed by atoms with E-state index in [1.54, 1.807) is 18.5 Å². The lowest BCUT2D eigenvalue weighted by molar-refractivity contribution is 0.473. The molecule has 2 aromatic heterocycles. The summed E-state index contributed by atoms with van der Waals surface area (Å²) in [5, 5.41) is 13.6. The van der Waals surface area contributed by atoms with Crippen LogP contribution in [0.15, 0.2) is 30.7 Å². The van der Waals surface area contributed by atoms with E-state index in [9.17, 15) is 5.11 Å². The zero-order valence-electron chi connectivity index (χ0n) is 8.59. The van der Waals surface area contributed by atoms with Crippen molar-refractivity contribution in [3.05, 3.63) is 30.7 Å². The van der Waals surface area contributed by atoms with Crippen LogP contribution in [0.2, 0.25) is 0 Å². The summed E-state index contributed by atoms with van der Waals surface area (Å²) in [6.07, 6.45) is 5.93. The molecule has 0 bridgehead atoms. The van der Waals surface area contributed by atoms with Crippen LogP contribution in [0.3, 0.4) is 0 Å². The molecule has 0 aliphatic rings. The third-order valence-electron chi connectivity index (χ3n) is 2.17. The zero-order valence-corrected chi connectivity index (χ0v) is 8.59. The van der Waals surface area contributed by atoms with Gasteiger partial charge in [-0.05, 0) is 18.6 Å². The topological polar surface area (TPSA) is 50.9 Å². The third kappa shape index (κ3) is 1.98. The van der Waals surface area contributed by atoms with Crippen molar-refractivity contribution >= 4 is 0 Å². The third-order valence-corrected chi connectivity index (χ3v) is 2.17. The first-order chi connectivity index (χ1) is 7.31. The molecule has 0 fully saturated rings. The van der Waals surface area contributed by atoms with Crippen LogP contribution in [0.25, 0.3) is 11.3 Å². The van der Waals surface area contributed by atoms with Crippen LogP contribution in [-0.4, -0.2) is 19.9 Å². The van der Waals surface area contributed by atoms with Gasteiger partial charge in [-0.25, -0.2) is 0 Å². The van der Waals surface area contributed by atoms with Gasteiger partial charge < -0.3 is 5.11 Å². The normalized spacial score (nSPS) is 10.5. The lowest BCUT2D eigenvalue weighted by atomic mass is 10.2. The summed E-state index contributed by atoms with van der Waals surface area (Å²) in [6, 6.07) is 3.61. The summed E-state index contributed by atoms with van der Waals surface area (Å²) in [5.41, 5.74) is 1.88. The number of hydrogen-bond donors (Lipinski definition) is 1. The summed E-state index contributed by atoms with van der Waals surface area (Å²) >= 11 is 0. The summed E-state index contributed by atoms with van der Waals surface area (Å²) in [6.45, 7) is 2.98. The minimum Gasteiger partial charge on any atom is -0.506 e. The average molecular weight is 203 g/mol. The molecule has 0 aromatic carbocycles. The minimum atomic E-state index is 0.178. The second-order valence-corrected chi connectivity index (χ2v) is 3.37. The van der Waals surface area contributed by atoms with E-state index in [0.717, 1.165) is 24.2 Å². The molecule has 2 heterocycles. The highest BCUT2D eigenvalue weighted by molar-refractivity contribution is 5.59. The Bertz CT molecular complexity index is 451. The number of aromatic hydroxyl groups is 1. The molecule has 1 N–H and O–H groups in total. The maximum atomic E-state index is 9.34. The number of aryl methyl sites for hydroxylation is 1. The largest absolute Gasteiger partial charge is 0.506 e. The van der Waals surface area contributed by atoms with Gasteiger partial charge in [-0.15, -0.1) is 0 Å². The van der Waals surface area contributed by atoms with E-state index in [4.69, 9.17) is 0 Å². The maximum absolute atomic E-state index is 9.34. The predicted molar refractivity (Wildman–Crippen MR) is 57.4 cm³/mol. The van der Waals surface area contributed by atoms with Crippen LogP contribution in [0.5, 0.6) is 5.75 Å². The van der Waals surface area contributed by atoms with Crippen LogP contribution in [-0.2, 0) is 6.54 Å². The van der Waals surface area contributed by atoms with Crippen molar-refractivity contribution < 1.29 is 5.11 Å². The highest BCUT2D eigenvalue weighted by Gasteiger charge is 2.05. The van der Waals surface area contributed by atoms with Crippen molar-refractivity contribution in [2.45, 2.75) is 19.9 Å². The van der Waals surface area contributed by atoms with E-state index in [1.165, 1.54) is 6.20 Å². The van der Waals surface area contributed by atoms with Crippen LogP contribution < -0.4 is 0 Å². The Morgan fingerprint density at radius 1 is 1.40 bits per heavy atom. The van der Waals surface area contributed by atoms with Crippen LogP contribution in [0.1, 0.15) is 13.3 Å². The maximum Gasteiger partial charge on any atom is 0.134 e. The molecule has 0 aliphatic heterocycles. The van der Waals surface area contributed by atoms with Crippen LogP contribution >= 0.6 is 0 Å². The molecule has 2 aromatic rings. The van der Waals surface area contributed by atoms with Gasteiger partial charge >= 0.3 is 0 Å². The molecule has 0 atom stereocenters. The van der Waals surface area contributed by atoms with Crippen molar-refractivity contribution in [2.75, 3.05) is 0 Å². The van der Waals surface area contributed by atoms with Gasteiger partial charge in [-0.3, -0.25) is 9.67 Å². The Balaban J connectivity index is 2.40. The molecular formula is C11H13N3O. The Morgan fingerprint density at radius 2 is 2.27 bits per heavy atom. The molecule has 2 rings (SSSR count). The van der Waals surface area contributed by atoms with Gasteiger partial charge in [0.1, 0.15) is 5.75 Å². The van der Waals surface area contributed by atoms with Crippen LogP contribution in [0, 0.1) is 0 Å². The summed E-state index contributed by atoms with van der Waals surface area (Å²) < 4.78 is 1.91. The van der Waals surface area contributed by atoms with Crippen molar-refractivity contribution in [1.29, 1.82) is 0 Å². The van der Waals surface area contributed by atoms with Gasteiger partial charge in [-0.1, -0.05) is 6.92 Å². The number of rotatable bonds is 3. The summed E-state index contributed by atoms with van der Waals surface area (Å²) in [5.74, 6) is 0.178. The quantitative estimate of drug-likeness (QED) is 0.830. The fraction of sp³-hybridized carbons (Fsp3) is 0.273. The molecule has 15 heavy (non-hydrogen) atoms. The van der Waals surface area contributed by atoms with Crippen molar-refractivity contribution in [1.82, 2.24) is 14.8 Å². The highest BCUT2D eigenvalue weighted by Crippen LogP contribution is 2.21. The minimum absolute atomic E-state index is 0.178. The Labute approximate surface area is 88.2 Å². The first-order valence-corrected chi connectivity index (χ1v) is 4.97. The second-order valence-electron chi connectivity index (χ2n) is 3.37. The van der Waals surface area contributed by atoms with Gasteiger partial charge in [0, 0.05) is 24.5 Å². The molecule has 0 radical (unpaired) electrons. The van der Waals surface area contributed by atoms with E-state index in [0.29, 0.717) is 0 Å². The van der Waals surface area contributed by atoms with Gasteiger partial charge in [0.25, 0.3) is 0 Å². The zero-order chi connectivity index (χ0) is 10.7. The molecule has 0 amide bonds. The van der Waals surface area contributed by atoms with E-state index >= 15 is 0 Å². The van der Waals surface area contributed by atoms with E-state index in [2.05, 4.69) is 17.0 Å². The van der Waals surface area contributed by atoms with E-state index < -0.39 is 0 Å². The number of aromatic nitrogens is 3. The molecule has 4 heteroatoms. The standard InChI is InChI=1S/C11H13N3O/c1-2-5-14-11(3-4-13-14)9-6-10(15)8-12-7-9/h3-4,6-8,15H,2,5H2,1H3. The highest BCUT2D eigenvalue weighted by atomic mass is 16.3. The fourth-order valence-corrected chi connectivity index (χ4v) is 1.54.